The summed E-state index contributed by atoms with van der Waals surface area (Å²) in [5.74, 6) is -2.27. The Bertz CT molecular complexity index is 2360. The van der Waals surface area contributed by atoms with Crippen LogP contribution in [0.3, 0.4) is 0 Å². The zero-order chi connectivity index (χ0) is 74.6. The molecule has 0 aliphatic carbocycles. The molecule has 0 aromatic carbocycles. The predicted octanol–water partition coefficient (Wildman–Crippen LogP) is 23.3. The molecule has 0 spiro atoms. The number of unbranched alkanes of at least 4 members (excludes halogenated alkanes) is 31. The van der Waals surface area contributed by atoms with E-state index in [9.17, 15) is 43.2 Å². The van der Waals surface area contributed by atoms with Crippen molar-refractivity contribution in [2.24, 2.45) is 0 Å². The van der Waals surface area contributed by atoms with Gasteiger partial charge in [0.2, 0.25) is 0 Å². The van der Waals surface area contributed by atoms with Crippen molar-refractivity contribution in [2.45, 2.75) is 354 Å². The van der Waals surface area contributed by atoms with Gasteiger partial charge in [0.05, 0.1) is 26.4 Å². The van der Waals surface area contributed by atoms with Crippen molar-refractivity contribution in [3.63, 3.8) is 0 Å². The predicted molar refractivity (Wildman–Crippen MR) is 418 cm³/mol. The molecule has 0 radical (unpaired) electrons. The van der Waals surface area contributed by atoms with Crippen molar-refractivity contribution in [3.05, 3.63) is 109 Å². The minimum absolute atomic E-state index is 0.0175. The van der Waals surface area contributed by atoms with Crippen LogP contribution in [0.1, 0.15) is 336 Å². The second-order valence-corrected chi connectivity index (χ2v) is 29.5. The average molecular weight is 1480 g/mol. The first-order chi connectivity index (χ1) is 49.7. The van der Waals surface area contributed by atoms with E-state index in [2.05, 4.69) is 125 Å². The summed E-state index contributed by atoms with van der Waals surface area (Å²) in [4.78, 5) is 73.0. The Morgan fingerprint density at radius 2 is 0.490 bits per heavy atom. The first kappa shape index (κ1) is 97.7. The van der Waals surface area contributed by atoms with Gasteiger partial charge in [0.1, 0.15) is 19.3 Å². The molecule has 0 rings (SSSR count). The van der Waals surface area contributed by atoms with Crippen molar-refractivity contribution >= 4 is 39.5 Å². The highest BCUT2D eigenvalue weighted by Crippen LogP contribution is 2.45. The highest BCUT2D eigenvalue weighted by atomic mass is 31.2. The lowest BCUT2D eigenvalue weighted by Gasteiger charge is -2.21. The molecule has 0 saturated heterocycles. The van der Waals surface area contributed by atoms with E-state index in [1.807, 2.05) is 12.2 Å². The summed E-state index contributed by atoms with van der Waals surface area (Å²) in [6.45, 7) is 4.71. The molecule has 3 N–H and O–H groups in total. The zero-order valence-corrected chi connectivity index (χ0v) is 66.0. The van der Waals surface area contributed by atoms with Crippen LogP contribution in [-0.4, -0.2) is 96.7 Å². The van der Waals surface area contributed by atoms with Crippen molar-refractivity contribution in [1.82, 2.24) is 0 Å². The lowest BCUT2D eigenvalue weighted by molar-refractivity contribution is -0.161. The number of ether oxygens (including phenoxy) is 4. The smallest absolute Gasteiger partial charge is 0.462 e. The number of aliphatic hydroxyl groups excluding tert-OH is 1. The van der Waals surface area contributed by atoms with E-state index in [1.54, 1.807) is 0 Å². The number of esters is 4. The molecule has 0 saturated carbocycles. The Morgan fingerprint density at radius 1 is 0.275 bits per heavy atom. The quantitative estimate of drug-likeness (QED) is 0.0169. The fraction of sp³-hybridized carbons (Fsp3) is 0.735. The molecule has 5 atom stereocenters. The molecule has 2 unspecified atom stereocenters. The fourth-order valence-electron chi connectivity index (χ4n) is 10.5. The number of hydrogen-bond donors (Lipinski definition) is 3. The maximum absolute atomic E-state index is 13.1. The molecule has 0 heterocycles. The molecular weight excluding hydrogens is 1330 g/mol. The van der Waals surface area contributed by atoms with E-state index >= 15 is 0 Å². The fourth-order valence-corrected chi connectivity index (χ4v) is 12.1. The molecule has 102 heavy (non-hydrogen) atoms. The summed E-state index contributed by atoms with van der Waals surface area (Å²) in [7, 11) is -9.98. The van der Waals surface area contributed by atoms with Gasteiger partial charge < -0.3 is 33.8 Å². The second kappa shape index (κ2) is 75.0. The van der Waals surface area contributed by atoms with Gasteiger partial charge in [-0.15, -0.1) is 0 Å². The van der Waals surface area contributed by atoms with Gasteiger partial charge in [0, 0.05) is 25.7 Å². The molecule has 19 heteroatoms. The minimum atomic E-state index is -4.99. The largest absolute Gasteiger partial charge is 0.472 e. The summed E-state index contributed by atoms with van der Waals surface area (Å²) in [5.41, 5.74) is 0. The first-order valence-corrected chi connectivity index (χ1v) is 43.1. The first-order valence-electron chi connectivity index (χ1n) is 40.1. The Balaban J connectivity index is 5.43. The van der Waals surface area contributed by atoms with Crippen LogP contribution in [0, 0.1) is 0 Å². The van der Waals surface area contributed by atoms with Crippen LogP contribution >= 0.6 is 15.6 Å². The summed E-state index contributed by atoms with van der Waals surface area (Å²) in [6.07, 6.45) is 80.7. The number of carbonyl (C=O) groups excluding carboxylic acids is 4. The molecule has 0 fully saturated rings. The van der Waals surface area contributed by atoms with Gasteiger partial charge >= 0.3 is 39.5 Å². The third-order valence-electron chi connectivity index (χ3n) is 16.7. The van der Waals surface area contributed by atoms with E-state index < -0.39 is 97.5 Å². The number of phosphoric acid groups is 2. The SMILES string of the molecule is CCCCC/C=C\C/C=C\C/C=C\C/C=C\CCCC(=O)O[C@H](COC(=O)CCCCCCCCC/C=C\CCCCCC)COP(=O)(O)OC[C@H](O)COP(=O)(O)OC[C@@H](COC(=O)CCCCCCC/C=C\C/C=C\CCCCC)OC(=O)CCCCCCC/C=C\C/C=C\CCCCC. The lowest BCUT2D eigenvalue weighted by Crippen LogP contribution is -2.30. The van der Waals surface area contributed by atoms with Gasteiger partial charge in [-0.05, 0) is 154 Å². The van der Waals surface area contributed by atoms with Crippen molar-refractivity contribution in [3.8, 4) is 0 Å². The monoisotopic (exact) mass is 1470 g/mol. The number of aliphatic hydroxyl groups is 1. The van der Waals surface area contributed by atoms with E-state index in [4.69, 9.17) is 37.0 Å². The zero-order valence-electron chi connectivity index (χ0n) is 64.3. The van der Waals surface area contributed by atoms with Crippen molar-refractivity contribution < 1.29 is 80.2 Å². The van der Waals surface area contributed by atoms with E-state index in [-0.39, 0.29) is 25.7 Å². The molecule has 0 aromatic heterocycles. The van der Waals surface area contributed by atoms with Crippen LogP contribution in [0.5, 0.6) is 0 Å². The summed E-state index contributed by atoms with van der Waals surface area (Å²) < 4.78 is 68.5. The second-order valence-electron chi connectivity index (χ2n) is 26.6. The van der Waals surface area contributed by atoms with Crippen LogP contribution in [0.4, 0.5) is 0 Å². The average Bonchev–Trinajstić information content (AvgIpc) is 0.917. The Labute approximate surface area is 619 Å². The third-order valence-corrected chi connectivity index (χ3v) is 18.6. The van der Waals surface area contributed by atoms with Crippen LogP contribution in [-0.2, 0) is 65.4 Å². The molecule has 0 aliphatic rings. The Morgan fingerprint density at radius 3 is 0.804 bits per heavy atom. The number of rotatable bonds is 75. The van der Waals surface area contributed by atoms with E-state index in [0.717, 1.165) is 154 Å². The van der Waals surface area contributed by atoms with Crippen molar-refractivity contribution in [2.75, 3.05) is 39.6 Å². The topological polar surface area (TPSA) is 237 Å². The maximum atomic E-state index is 13.1. The Kier molecular flexibility index (Phi) is 71.8. The molecule has 0 aromatic rings. The summed E-state index contributed by atoms with van der Waals surface area (Å²) >= 11 is 0. The van der Waals surface area contributed by atoms with Gasteiger partial charge in [-0.3, -0.25) is 37.3 Å². The van der Waals surface area contributed by atoms with Crippen LogP contribution in [0.25, 0.3) is 0 Å². The van der Waals surface area contributed by atoms with Gasteiger partial charge in [0.15, 0.2) is 12.2 Å². The van der Waals surface area contributed by atoms with Crippen LogP contribution in [0.2, 0.25) is 0 Å². The normalized spacial score (nSPS) is 14.5. The van der Waals surface area contributed by atoms with Crippen LogP contribution in [0.15, 0.2) is 109 Å². The molecular formula is C83H144O17P2. The molecule has 0 aliphatic heterocycles. The van der Waals surface area contributed by atoms with Crippen molar-refractivity contribution in [1.29, 1.82) is 0 Å². The standard InChI is InChI=1S/C83H144O17P2/c1-5-9-13-17-21-25-29-33-37-38-42-46-50-54-58-62-66-70-83(88)100-79(74-94-81(86)68-64-60-56-52-48-44-40-35-31-27-23-19-15-11-7-3)76-98-102(91,92)96-72-77(84)71-95-101(89,90)97-75-78(99-82(87)69-65-61-57-53-49-45-41-36-32-28-24-20-16-12-8-4)73-93-80(85)67-63-59-55-51-47-43-39-34-30-26-22-18-14-10-6-2/h21-22,24-28,31,33-34,36-37,39,41-42,46,54,58,77-79,84H,5-20,23,29-30,32,35,38,40,43-45,47-53,55-57,59-76H2,1-4H3,(H,89,90)(H,91,92)/b25-21-,26-22-,28-24-,31-27-,37-33-,39-34-,41-36-,46-42-,58-54-/t77-,78-,79-/m1/s1. The Hall–Kier alpha value is -4.28. The maximum Gasteiger partial charge on any atom is 0.472 e. The number of phosphoric ester groups is 2. The van der Waals surface area contributed by atoms with E-state index in [1.165, 1.54) is 96.3 Å². The van der Waals surface area contributed by atoms with Crippen LogP contribution < -0.4 is 0 Å². The highest BCUT2D eigenvalue weighted by Gasteiger charge is 2.30. The van der Waals surface area contributed by atoms with Gasteiger partial charge in [-0.2, -0.15) is 0 Å². The molecule has 0 bridgehead atoms. The van der Waals surface area contributed by atoms with E-state index in [0.29, 0.717) is 32.1 Å². The number of allylic oxidation sites excluding steroid dienone is 18. The molecule has 0 amide bonds. The number of carbonyl (C=O) groups is 4. The third kappa shape index (κ3) is 74.0. The summed E-state index contributed by atoms with van der Waals surface area (Å²) in [6, 6.07) is 0. The van der Waals surface area contributed by atoms with Gasteiger partial charge in [-0.1, -0.05) is 265 Å². The minimum Gasteiger partial charge on any atom is -0.462 e. The van der Waals surface area contributed by atoms with Gasteiger partial charge in [0.25, 0.3) is 0 Å². The highest BCUT2D eigenvalue weighted by molar-refractivity contribution is 7.47. The molecule has 588 valence electrons. The molecule has 17 nitrogen and oxygen atoms in total. The number of hydrogen-bond acceptors (Lipinski definition) is 15. The summed E-state index contributed by atoms with van der Waals surface area (Å²) in [5, 5.41) is 10.6. The lowest BCUT2D eigenvalue weighted by atomic mass is 10.1. The van der Waals surface area contributed by atoms with Gasteiger partial charge in [-0.25, -0.2) is 9.13 Å².